The van der Waals surface area contributed by atoms with Crippen molar-refractivity contribution in [3.8, 4) is 5.75 Å². The van der Waals surface area contributed by atoms with E-state index in [2.05, 4.69) is 5.16 Å². The van der Waals surface area contributed by atoms with E-state index in [1.165, 1.54) is 6.21 Å². The Kier molecular flexibility index (Phi) is 3.70. The molecule has 0 aliphatic rings. The molecule has 2 aromatic rings. The molecule has 4 nitrogen and oxygen atoms in total. The predicted molar refractivity (Wildman–Crippen MR) is 63.1 cm³/mol. The highest BCUT2D eigenvalue weighted by Crippen LogP contribution is 2.07. The van der Waals surface area contributed by atoms with Gasteiger partial charge < -0.3 is 9.94 Å². The lowest BCUT2D eigenvalue weighted by molar-refractivity contribution is -0.724. The molecule has 0 aliphatic heterocycles. The summed E-state index contributed by atoms with van der Waals surface area (Å²) < 4.78 is 7.46. The van der Waals surface area contributed by atoms with E-state index in [0.29, 0.717) is 6.73 Å². The molecule has 1 N–H and O–H groups in total. The first-order chi connectivity index (χ1) is 8.38. The lowest BCUT2D eigenvalue weighted by Crippen LogP contribution is -2.35. The highest BCUT2D eigenvalue weighted by atomic mass is 16.5. The predicted octanol–water partition coefficient (Wildman–Crippen LogP) is 1.82. The number of pyridine rings is 1. The van der Waals surface area contributed by atoms with Crippen LogP contribution >= 0.6 is 0 Å². The van der Waals surface area contributed by atoms with Gasteiger partial charge in [0.2, 0.25) is 0 Å². The number of ether oxygens (including phenoxy) is 1. The Labute approximate surface area is 99.4 Å². The largest absolute Gasteiger partial charge is 0.436 e. The van der Waals surface area contributed by atoms with Crippen molar-refractivity contribution in [3.05, 3.63) is 60.4 Å². The number of aromatic nitrogens is 1. The van der Waals surface area contributed by atoms with Gasteiger partial charge in [0.15, 0.2) is 12.4 Å². The fourth-order valence-electron chi connectivity index (χ4n) is 1.37. The molecule has 0 fully saturated rings. The Hall–Kier alpha value is -2.36. The molecule has 86 valence electrons. The molecular formula is C13H13N2O2+. The average molecular weight is 229 g/mol. The van der Waals surface area contributed by atoms with Crippen LogP contribution in [0.25, 0.3) is 0 Å². The Balaban J connectivity index is 1.95. The molecule has 0 saturated carbocycles. The molecule has 0 unspecified atom stereocenters. The first-order valence-electron chi connectivity index (χ1n) is 5.23. The van der Waals surface area contributed by atoms with Gasteiger partial charge in [-0.3, -0.25) is 0 Å². The second-order valence-corrected chi connectivity index (χ2v) is 3.48. The third-order valence-corrected chi connectivity index (χ3v) is 2.25. The maximum atomic E-state index is 8.38. The van der Waals surface area contributed by atoms with E-state index in [9.17, 15) is 0 Å². The fraction of sp³-hybridized carbons (Fsp3) is 0.0769. The first kappa shape index (κ1) is 11.1. The van der Waals surface area contributed by atoms with Crippen LogP contribution in [0.15, 0.2) is 60.0 Å². The zero-order valence-electron chi connectivity index (χ0n) is 9.23. The van der Waals surface area contributed by atoms with Crippen molar-refractivity contribution in [1.82, 2.24) is 0 Å². The molecule has 0 bridgehead atoms. The first-order valence-corrected chi connectivity index (χ1v) is 5.23. The molecule has 4 heteroatoms. The van der Waals surface area contributed by atoms with Gasteiger partial charge >= 0.3 is 0 Å². The van der Waals surface area contributed by atoms with Gasteiger partial charge in [-0.1, -0.05) is 23.4 Å². The van der Waals surface area contributed by atoms with Crippen molar-refractivity contribution in [1.29, 1.82) is 0 Å². The van der Waals surface area contributed by atoms with E-state index < -0.39 is 0 Å². The zero-order valence-corrected chi connectivity index (χ0v) is 9.23. The lowest BCUT2D eigenvalue weighted by Gasteiger charge is -2.01. The Morgan fingerprint density at radius 1 is 1.12 bits per heavy atom. The van der Waals surface area contributed by atoms with Gasteiger partial charge in [0.25, 0.3) is 6.73 Å². The SMILES string of the molecule is ON=Cc1cc[n+](COc2ccccc2)cc1. The van der Waals surface area contributed by atoms with E-state index in [1.54, 1.807) is 0 Å². The Morgan fingerprint density at radius 3 is 2.47 bits per heavy atom. The monoisotopic (exact) mass is 229 g/mol. The average Bonchev–Trinajstić information content (AvgIpc) is 2.40. The Morgan fingerprint density at radius 2 is 1.82 bits per heavy atom. The summed E-state index contributed by atoms with van der Waals surface area (Å²) in [6.07, 6.45) is 5.10. The van der Waals surface area contributed by atoms with E-state index in [-0.39, 0.29) is 0 Å². The number of rotatable bonds is 4. The third-order valence-electron chi connectivity index (χ3n) is 2.25. The van der Waals surface area contributed by atoms with Crippen molar-refractivity contribution in [3.63, 3.8) is 0 Å². The second-order valence-electron chi connectivity index (χ2n) is 3.48. The van der Waals surface area contributed by atoms with Gasteiger partial charge in [-0.15, -0.1) is 0 Å². The third kappa shape index (κ3) is 3.31. The summed E-state index contributed by atoms with van der Waals surface area (Å²) in [6, 6.07) is 13.3. The summed E-state index contributed by atoms with van der Waals surface area (Å²) in [5.41, 5.74) is 0.837. The van der Waals surface area contributed by atoms with Gasteiger partial charge in [-0.25, -0.2) is 0 Å². The number of para-hydroxylation sites is 1. The highest BCUT2D eigenvalue weighted by molar-refractivity contribution is 5.78. The van der Waals surface area contributed by atoms with Gasteiger partial charge in [0, 0.05) is 17.7 Å². The molecule has 0 aliphatic carbocycles. The van der Waals surface area contributed by atoms with Crippen molar-refractivity contribution < 1.29 is 14.5 Å². The number of oxime groups is 1. The topological polar surface area (TPSA) is 45.7 Å². The molecule has 1 aromatic heterocycles. The molecular weight excluding hydrogens is 216 g/mol. The molecule has 2 rings (SSSR count). The standard InChI is InChI=1S/C13H12N2O2/c16-14-10-12-6-8-15(9-7-12)11-17-13-4-2-1-3-5-13/h1-10H,11H2/p+1. The van der Waals surface area contributed by atoms with Crippen molar-refractivity contribution >= 4 is 6.21 Å². The van der Waals surface area contributed by atoms with Gasteiger partial charge in [0.1, 0.15) is 5.75 Å². The normalized spacial score (nSPS) is 10.6. The minimum Gasteiger partial charge on any atom is -0.436 e. The molecule has 17 heavy (non-hydrogen) atoms. The summed E-state index contributed by atoms with van der Waals surface area (Å²) in [5, 5.41) is 11.3. The van der Waals surface area contributed by atoms with Crippen LogP contribution in [0.1, 0.15) is 5.56 Å². The number of hydrogen-bond acceptors (Lipinski definition) is 3. The summed E-state index contributed by atoms with van der Waals surface area (Å²) >= 11 is 0. The summed E-state index contributed by atoms with van der Waals surface area (Å²) in [4.78, 5) is 0. The lowest BCUT2D eigenvalue weighted by atomic mass is 10.3. The molecule has 0 saturated heterocycles. The summed E-state index contributed by atoms with van der Waals surface area (Å²) in [5.74, 6) is 0.834. The molecule has 0 radical (unpaired) electrons. The number of benzene rings is 1. The van der Waals surface area contributed by atoms with Gasteiger partial charge in [-0.2, -0.15) is 4.57 Å². The van der Waals surface area contributed by atoms with E-state index >= 15 is 0 Å². The van der Waals surface area contributed by atoms with Crippen LogP contribution < -0.4 is 9.30 Å². The van der Waals surface area contributed by atoms with Crippen LogP contribution in [0.5, 0.6) is 5.75 Å². The Bertz CT molecular complexity index is 481. The molecule has 0 amide bonds. The number of hydrogen-bond donors (Lipinski definition) is 1. The maximum absolute atomic E-state index is 8.38. The van der Waals surface area contributed by atoms with Crippen LogP contribution in [-0.4, -0.2) is 11.4 Å². The zero-order chi connectivity index (χ0) is 11.9. The van der Waals surface area contributed by atoms with Gasteiger partial charge in [-0.05, 0) is 12.1 Å². The van der Waals surface area contributed by atoms with Crippen molar-refractivity contribution in [2.45, 2.75) is 6.73 Å². The second kappa shape index (κ2) is 5.65. The van der Waals surface area contributed by atoms with E-state index in [4.69, 9.17) is 9.94 Å². The molecule has 1 heterocycles. The smallest absolute Gasteiger partial charge is 0.292 e. The molecule has 0 atom stereocenters. The van der Waals surface area contributed by atoms with Crippen LogP contribution in [0.3, 0.4) is 0 Å². The maximum Gasteiger partial charge on any atom is 0.292 e. The van der Waals surface area contributed by atoms with Gasteiger partial charge in [0.05, 0.1) is 6.21 Å². The fourth-order valence-corrected chi connectivity index (χ4v) is 1.37. The van der Waals surface area contributed by atoms with Crippen molar-refractivity contribution in [2.24, 2.45) is 5.16 Å². The summed E-state index contributed by atoms with van der Waals surface area (Å²) in [6.45, 7) is 0.445. The summed E-state index contributed by atoms with van der Waals surface area (Å²) in [7, 11) is 0. The van der Waals surface area contributed by atoms with Crippen molar-refractivity contribution in [2.75, 3.05) is 0 Å². The molecule has 0 spiro atoms. The van der Waals surface area contributed by atoms with Crippen LogP contribution in [0.4, 0.5) is 0 Å². The highest BCUT2D eigenvalue weighted by Gasteiger charge is 2.00. The van der Waals surface area contributed by atoms with Crippen LogP contribution in [0.2, 0.25) is 0 Å². The van der Waals surface area contributed by atoms with E-state index in [0.717, 1.165) is 11.3 Å². The van der Waals surface area contributed by atoms with Crippen LogP contribution in [0, 0.1) is 0 Å². The molecule has 1 aromatic carbocycles. The number of nitrogens with zero attached hydrogens (tertiary/aromatic N) is 2. The van der Waals surface area contributed by atoms with Crippen LogP contribution in [-0.2, 0) is 6.73 Å². The van der Waals surface area contributed by atoms with E-state index in [1.807, 2.05) is 59.4 Å². The quantitative estimate of drug-likeness (QED) is 0.376. The minimum atomic E-state index is 0.445. The minimum absolute atomic E-state index is 0.445.